The molecule has 0 unspecified atom stereocenters. The van der Waals surface area contributed by atoms with Crippen molar-refractivity contribution in [1.29, 1.82) is 0 Å². The van der Waals surface area contributed by atoms with E-state index >= 15 is 0 Å². The number of rotatable bonds is 3. The Morgan fingerprint density at radius 1 is 1.09 bits per heavy atom. The lowest BCUT2D eigenvalue weighted by Crippen LogP contribution is -2.27. The van der Waals surface area contributed by atoms with Crippen LogP contribution in [0.25, 0.3) is 11.0 Å². The first-order chi connectivity index (χ1) is 10.6. The predicted molar refractivity (Wildman–Crippen MR) is 86.8 cm³/mol. The number of aromatic nitrogens is 2. The summed E-state index contributed by atoms with van der Waals surface area (Å²) in [6.07, 6.45) is 1.51. The number of hydrogen-bond donors (Lipinski definition) is 0. The zero-order valence-electron chi connectivity index (χ0n) is 12.0. The van der Waals surface area contributed by atoms with E-state index in [0.717, 1.165) is 11.1 Å². The monoisotopic (exact) mass is 311 g/mol. The van der Waals surface area contributed by atoms with Gasteiger partial charge >= 0.3 is 0 Å². The van der Waals surface area contributed by atoms with Crippen molar-refractivity contribution in [2.24, 2.45) is 0 Å². The molecular formula is C17H14ClN3O. The van der Waals surface area contributed by atoms with Crippen LogP contribution in [0, 0.1) is 0 Å². The van der Waals surface area contributed by atoms with E-state index in [0.29, 0.717) is 22.8 Å². The minimum Gasteiger partial charge on any atom is -0.336 e. The summed E-state index contributed by atoms with van der Waals surface area (Å²) in [6, 6.07) is 14.9. The second kappa shape index (κ2) is 6.12. The number of fused-ring (bicyclic) bond motifs is 1. The Morgan fingerprint density at radius 3 is 2.55 bits per heavy atom. The van der Waals surface area contributed by atoms with Crippen LogP contribution in [-0.4, -0.2) is 27.8 Å². The van der Waals surface area contributed by atoms with Crippen molar-refractivity contribution in [3.05, 3.63) is 71.0 Å². The van der Waals surface area contributed by atoms with E-state index < -0.39 is 0 Å². The number of nitrogens with zero attached hydrogens (tertiary/aromatic N) is 3. The van der Waals surface area contributed by atoms with Gasteiger partial charge in [0.15, 0.2) is 0 Å². The molecule has 110 valence electrons. The molecule has 0 atom stereocenters. The summed E-state index contributed by atoms with van der Waals surface area (Å²) >= 11 is 6.13. The van der Waals surface area contributed by atoms with Gasteiger partial charge in [0.25, 0.3) is 5.91 Å². The maximum Gasteiger partial charge on any atom is 0.274 e. The summed E-state index contributed by atoms with van der Waals surface area (Å²) < 4.78 is 0. The van der Waals surface area contributed by atoms with Gasteiger partial charge in [0, 0.05) is 18.6 Å². The van der Waals surface area contributed by atoms with Crippen LogP contribution in [0.2, 0.25) is 5.02 Å². The molecule has 0 N–H and O–H groups in total. The Morgan fingerprint density at radius 2 is 1.77 bits per heavy atom. The maximum absolute atomic E-state index is 12.5. The first kappa shape index (κ1) is 14.5. The summed E-state index contributed by atoms with van der Waals surface area (Å²) in [5, 5.41) is 0.645. The number of benzene rings is 2. The van der Waals surface area contributed by atoms with Crippen LogP contribution in [0.5, 0.6) is 0 Å². The van der Waals surface area contributed by atoms with Crippen molar-refractivity contribution in [2.45, 2.75) is 6.54 Å². The standard InChI is InChI=1S/C17H14ClN3O/c1-21(11-12-6-2-3-7-13(12)18)17(22)16-10-19-14-8-4-5-9-15(14)20-16/h2-10H,11H2,1H3. The first-order valence-corrected chi connectivity index (χ1v) is 7.23. The van der Waals surface area contributed by atoms with Crippen molar-refractivity contribution >= 4 is 28.5 Å². The Bertz CT molecular complexity index is 835. The molecule has 0 aliphatic carbocycles. The second-order valence-corrected chi connectivity index (χ2v) is 5.40. The van der Waals surface area contributed by atoms with Gasteiger partial charge in [0.2, 0.25) is 0 Å². The van der Waals surface area contributed by atoms with Crippen LogP contribution >= 0.6 is 11.6 Å². The highest BCUT2D eigenvalue weighted by atomic mass is 35.5. The van der Waals surface area contributed by atoms with E-state index in [1.807, 2.05) is 48.5 Å². The van der Waals surface area contributed by atoms with E-state index in [1.165, 1.54) is 6.20 Å². The van der Waals surface area contributed by atoms with Crippen molar-refractivity contribution in [3.63, 3.8) is 0 Å². The molecule has 0 saturated heterocycles. The highest BCUT2D eigenvalue weighted by Gasteiger charge is 2.15. The van der Waals surface area contributed by atoms with Gasteiger partial charge in [-0.2, -0.15) is 0 Å². The molecule has 0 fully saturated rings. The summed E-state index contributed by atoms with van der Waals surface area (Å²) in [6.45, 7) is 0.424. The third-order valence-corrected chi connectivity index (χ3v) is 3.75. The average Bonchev–Trinajstić information content (AvgIpc) is 2.55. The van der Waals surface area contributed by atoms with Gasteiger partial charge in [-0.05, 0) is 23.8 Å². The average molecular weight is 312 g/mol. The summed E-state index contributed by atoms with van der Waals surface area (Å²) in [7, 11) is 1.72. The Hall–Kier alpha value is -2.46. The van der Waals surface area contributed by atoms with Gasteiger partial charge in [-0.3, -0.25) is 9.78 Å². The molecule has 5 heteroatoms. The SMILES string of the molecule is CN(Cc1ccccc1Cl)C(=O)c1cnc2ccccc2n1. The lowest BCUT2D eigenvalue weighted by atomic mass is 10.2. The third kappa shape index (κ3) is 2.92. The summed E-state index contributed by atoms with van der Waals surface area (Å²) in [5.41, 5.74) is 2.70. The third-order valence-electron chi connectivity index (χ3n) is 3.38. The number of amides is 1. The molecule has 1 amide bonds. The highest BCUT2D eigenvalue weighted by Crippen LogP contribution is 2.17. The van der Waals surface area contributed by atoms with Crippen LogP contribution in [0.1, 0.15) is 16.1 Å². The van der Waals surface area contributed by atoms with Crippen LogP contribution in [0.4, 0.5) is 0 Å². The molecule has 22 heavy (non-hydrogen) atoms. The van der Waals surface area contributed by atoms with Crippen LogP contribution in [0.15, 0.2) is 54.7 Å². The molecule has 0 aliphatic heterocycles. The highest BCUT2D eigenvalue weighted by molar-refractivity contribution is 6.31. The number of para-hydroxylation sites is 2. The summed E-state index contributed by atoms with van der Waals surface area (Å²) in [4.78, 5) is 22.7. The second-order valence-electron chi connectivity index (χ2n) is 5.00. The molecule has 3 rings (SSSR count). The van der Waals surface area contributed by atoms with Crippen molar-refractivity contribution < 1.29 is 4.79 Å². The van der Waals surface area contributed by atoms with E-state index in [1.54, 1.807) is 11.9 Å². The fraction of sp³-hybridized carbons (Fsp3) is 0.118. The minimum atomic E-state index is -0.182. The quantitative estimate of drug-likeness (QED) is 0.743. The molecule has 0 spiro atoms. The number of carbonyl (C=O) groups is 1. The zero-order valence-corrected chi connectivity index (χ0v) is 12.8. The number of hydrogen-bond acceptors (Lipinski definition) is 3. The molecule has 0 radical (unpaired) electrons. The van der Waals surface area contributed by atoms with E-state index in [-0.39, 0.29) is 5.91 Å². The largest absolute Gasteiger partial charge is 0.336 e. The molecule has 3 aromatic rings. The molecule has 0 saturated carbocycles. The maximum atomic E-state index is 12.5. The predicted octanol–water partition coefficient (Wildman–Crippen LogP) is 3.56. The number of halogens is 1. The normalized spacial score (nSPS) is 10.6. The van der Waals surface area contributed by atoms with E-state index in [9.17, 15) is 4.79 Å². The Kier molecular flexibility index (Phi) is 4.02. The van der Waals surface area contributed by atoms with Crippen molar-refractivity contribution in [3.8, 4) is 0 Å². The van der Waals surface area contributed by atoms with Gasteiger partial charge < -0.3 is 4.90 Å². The van der Waals surface area contributed by atoms with E-state index in [2.05, 4.69) is 9.97 Å². The molecular weight excluding hydrogens is 298 g/mol. The smallest absolute Gasteiger partial charge is 0.274 e. The fourth-order valence-corrected chi connectivity index (χ4v) is 2.41. The number of carbonyl (C=O) groups excluding carboxylic acids is 1. The molecule has 1 aromatic heterocycles. The van der Waals surface area contributed by atoms with Gasteiger partial charge in [0.1, 0.15) is 5.69 Å². The molecule has 0 aliphatic rings. The van der Waals surface area contributed by atoms with E-state index in [4.69, 9.17) is 11.6 Å². The van der Waals surface area contributed by atoms with Gasteiger partial charge in [-0.25, -0.2) is 4.98 Å². The van der Waals surface area contributed by atoms with Crippen molar-refractivity contribution in [2.75, 3.05) is 7.05 Å². The first-order valence-electron chi connectivity index (χ1n) is 6.86. The van der Waals surface area contributed by atoms with Gasteiger partial charge in [0.05, 0.1) is 17.2 Å². The molecule has 0 bridgehead atoms. The molecule has 1 heterocycles. The van der Waals surface area contributed by atoms with Gasteiger partial charge in [-0.15, -0.1) is 0 Å². The lowest BCUT2D eigenvalue weighted by molar-refractivity contribution is 0.0779. The van der Waals surface area contributed by atoms with Crippen LogP contribution in [-0.2, 0) is 6.54 Å². The summed E-state index contributed by atoms with van der Waals surface area (Å²) in [5.74, 6) is -0.182. The van der Waals surface area contributed by atoms with Gasteiger partial charge in [-0.1, -0.05) is 41.9 Å². The van der Waals surface area contributed by atoms with Crippen molar-refractivity contribution in [1.82, 2.24) is 14.9 Å². The molecule has 2 aromatic carbocycles. The Balaban J connectivity index is 1.84. The van der Waals surface area contributed by atoms with Crippen LogP contribution < -0.4 is 0 Å². The minimum absolute atomic E-state index is 0.182. The van der Waals surface area contributed by atoms with Crippen LogP contribution in [0.3, 0.4) is 0 Å². The fourth-order valence-electron chi connectivity index (χ4n) is 2.21. The topological polar surface area (TPSA) is 46.1 Å². The molecule has 4 nitrogen and oxygen atoms in total. The Labute approximate surface area is 133 Å². The lowest BCUT2D eigenvalue weighted by Gasteiger charge is -2.17. The zero-order chi connectivity index (χ0) is 15.5.